The number of alkyl halides is 3. The highest BCUT2D eigenvalue weighted by Crippen LogP contribution is 2.49. The topological polar surface area (TPSA) is 17.0 Å². The van der Waals surface area contributed by atoms with E-state index in [4.69, 9.17) is 0 Å². The third kappa shape index (κ3) is 2.08. The summed E-state index contributed by atoms with van der Waals surface area (Å²) in [4.78, 5) is 0. The molecule has 0 bridgehead atoms. The summed E-state index contributed by atoms with van der Waals surface area (Å²) in [6.45, 7) is 4.16. The summed E-state index contributed by atoms with van der Waals surface area (Å²) < 4.78 is 40.1. The van der Waals surface area contributed by atoms with Crippen LogP contribution in [-0.2, 0) is 13.6 Å². The zero-order chi connectivity index (χ0) is 12.8. The molecule has 1 aromatic rings. The Bertz CT molecular complexity index is 428. The van der Waals surface area contributed by atoms with Gasteiger partial charge in [-0.15, -0.1) is 0 Å². The van der Waals surface area contributed by atoms with E-state index in [1.54, 1.807) is 0 Å². The van der Waals surface area contributed by atoms with Crippen molar-refractivity contribution in [3.8, 4) is 0 Å². The van der Waals surface area contributed by atoms with E-state index in [1.807, 2.05) is 31.5 Å². The summed E-state index contributed by atoms with van der Waals surface area (Å²) in [7, 11) is 1.92. The molecule has 1 aromatic heterocycles. The van der Waals surface area contributed by atoms with Gasteiger partial charge < -0.3 is 4.57 Å². The Labute approximate surface area is 98.8 Å². The van der Waals surface area contributed by atoms with Crippen LogP contribution in [0.15, 0.2) is 6.07 Å². The van der Waals surface area contributed by atoms with Crippen LogP contribution in [0.5, 0.6) is 0 Å². The Morgan fingerprint density at radius 2 is 1.94 bits per heavy atom. The summed E-state index contributed by atoms with van der Waals surface area (Å²) >= 11 is 0. The van der Waals surface area contributed by atoms with Crippen molar-refractivity contribution >= 4 is 0 Å². The Morgan fingerprint density at radius 1 is 1.35 bits per heavy atom. The predicted molar refractivity (Wildman–Crippen MR) is 59.7 cm³/mol. The fraction of sp³-hybridized carbons (Fsp3) is 0.667. The van der Waals surface area contributed by atoms with Gasteiger partial charge in [0.25, 0.3) is 0 Å². The molecule has 2 nitrogen and oxygen atoms in total. The van der Waals surface area contributed by atoms with Gasteiger partial charge in [-0.3, -0.25) is 5.32 Å². The minimum atomic E-state index is -4.13. The quantitative estimate of drug-likeness (QED) is 0.867. The van der Waals surface area contributed by atoms with Crippen LogP contribution in [0.4, 0.5) is 13.2 Å². The molecule has 1 N–H and O–H groups in total. The first kappa shape index (κ1) is 12.5. The number of nitrogens with zero attached hydrogens (tertiary/aromatic N) is 1. The van der Waals surface area contributed by atoms with Crippen LogP contribution < -0.4 is 5.32 Å². The van der Waals surface area contributed by atoms with Crippen molar-refractivity contribution in [2.24, 2.45) is 7.05 Å². The molecule has 0 unspecified atom stereocenters. The Morgan fingerprint density at radius 3 is 2.29 bits per heavy atom. The molecule has 1 saturated carbocycles. The molecule has 17 heavy (non-hydrogen) atoms. The molecule has 0 atom stereocenters. The number of halogens is 3. The van der Waals surface area contributed by atoms with Gasteiger partial charge in [-0.25, -0.2) is 0 Å². The van der Waals surface area contributed by atoms with Crippen molar-refractivity contribution in [1.82, 2.24) is 9.88 Å². The first-order valence-electron chi connectivity index (χ1n) is 5.70. The second-order valence-electron chi connectivity index (χ2n) is 4.89. The summed E-state index contributed by atoms with van der Waals surface area (Å²) in [6, 6.07) is 1.94. The van der Waals surface area contributed by atoms with E-state index in [0.717, 1.165) is 17.0 Å². The first-order chi connectivity index (χ1) is 7.77. The minimum absolute atomic E-state index is 0.196. The lowest BCUT2D eigenvalue weighted by atomic mass is 10.2. The highest BCUT2D eigenvalue weighted by Gasteiger charge is 2.62. The van der Waals surface area contributed by atoms with Crippen molar-refractivity contribution < 1.29 is 13.2 Å². The van der Waals surface area contributed by atoms with Gasteiger partial charge in [-0.05, 0) is 38.3 Å². The van der Waals surface area contributed by atoms with Gasteiger partial charge in [0.1, 0.15) is 5.54 Å². The minimum Gasteiger partial charge on any atom is -0.352 e. The Hall–Kier alpha value is -0.970. The van der Waals surface area contributed by atoms with Gasteiger partial charge in [-0.1, -0.05) is 0 Å². The normalized spacial score (nSPS) is 18.5. The number of rotatable bonds is 3. The third-order valence-electron chi connectivity index (χ3n) is 3.79. The summed E-state index contributed by atoms with van der Waals surface area (Å²) in [6.07, 6.45) is -3.74. The second-order valence-corrected chi connectivity index (χ2v) is 4.89. The smallest absolute Gasteiger partial charge is 0.352 e. The van der Waals surface area contributed by atoms with Crippen LogP contribution >= 0.6 is 0 Å². The molecule has 0 spiro atoms. The highest BCUT2D eigenvalue weighted by molar-refractivity contribution is 5.27. The van der Waals surface area contributed by atoms with E-state index < -0.39 is 11.7 Å². The Kier molecular flexibility index (Phi) is 2.77. The monoisotopic (exact) mass is 246 g/mol. The number of hydrogen-bond acceptors (Lipinski definition) is 1. The molecule has 1 fully saturated rings. The zero-order valence-electron chi connectivity index (χ0n) is 10.3. The molecule has 0 aromatic carbocycles. The number of aryl methyl sites for hydroxylation is 1. The molecule has 0 radical (unpaired) electrons. The van der Waals surface area contributed by atoms with Gasteiger partial charge >= 0.3 is 6.18 Å². The standard InChI is InChI=1S/C12H17F3N2/c1-8-6-10(9(2)17(8)3)7-16-11(4-5-11)12(13,14)15/h6,16H,4-5,7H2,1-3H3. The molecular formula is C12H17F3N2. The molecule has 0 saturated heterocycles. The molecule has 1 heterocycles. The van der Waals surface area contributed by atoms with E-state index in [9.17, 15) is 13.2 Å². The zero-order valence-corrected chi connectivity index (χ0v) is 10.3. The number of nitrogens with one attached hydrogen (secondary N) is 1. The molecule has 0 amide bonds. The van der Waals surface area contributed by atoms with Gasteiger partial charge in [0.15, 0.2) is 0 Å². The average molecular weight is 246 g/mol. The van der Waals surface area contributed by atoms with E-state index in [1.165, 1.54) is 0 Å². The average Bonchev–Trinajstić information content (AvgIpc) is 2.97. The molecule has 0 aliphatic heterocycles. The van der Waals surface area contributed by atoms with Gasteiger partial charge in [0.2, 0.25) is 0 Å². The van der Waals surface area contributed by atoms with E-state index in [-0.39, 0.29) is 19.4 Å². The van der Waals surface area contributed by atoms with Crippen molar-refractivity contribution in [1.29, 1.82) is 0 Å². The molecule has 96 valence electrons. The maximum Gasteiger partial charge on any atom is 0.406 e. The van der Waals surface area contributed by atoms with Crippen LogP contribution in [0.3, 0.4) is 0 Å². The Balaban J connectivity index is 2.06. The summed E-state index contributed by atoms with van der Waals surface area (Å²) in [5.74, 6) is 0. The van der Waals surface area contributed by atoms with E-state index in [0.29, 0.717) is 0 Å². The van der Waals surface area contributed by atoms with Crippen LogP contribution in [0, 0.1) is 13.8 Å². The van der Waals surface area contributed by atoms with Gasteiger partial charge in [0.05, 0.1) is 0 Å². The van der Waals surface area contributed by atoms with Gasteiger partial charge in [0, 0.05) is 25.0 Å². The maximum atomic E-state index is 12.7. The molecule has 2 rings (SSSR count). The van der Waals surface area contributed by atoms with Crippen LogP contribution in [-0.4, -0.2) is 16.3 Å². The van der Waals surface area contributed by atoms with Crippen LogP contribution in [0.1, 0.15) is 29.8 Å². The summed E-state index contributed by atoms with van der Waals surface area (Å²) in [5.41, 5.74) is 1.41. The second kappa shape index (κ2) is 3.77. The first-order valence-corrected chi connectivity index (χ1v) is 5.70. The molecule has 1 aliphatic carbocycles. The fourth-order valence-corrected chi connectivity index (χ4v) is 2.06. The predicted octanol–water partition coefficient (Wildman–Crippen LogP) is 2.83. The number of aromatic nitrogens is 1. The maximum absolute atomic E-state index is 12.7. The van der Waals surface area contributed by atoms with Gasteiger partial charge in [-0.2, -0.15) is 13.2 Å². The van der Waals surface area contributed by atoms with Crippen molar-refractivity contribution in [2.75, 3.05) is 0 Å². The van der Waals surface area contributed by atoms with Crippen molar-refractivity contribution in [2.45, 2.75) is 44.9 Å². The van der Waals surface area contributed by atoms with Crippen LogP contribution in [0.25, 0.3) is 0 Å². The SMILES string of the molecule is Cc1cc(CNC2(C(F)(F)F)CC2)c(C)n1C. The molecule has 5 heteroatoms. The lowest BCUT2D eigenvalue weighted by Gasteiger charge is -2.20. The third-order valence-corrected chi connectivity index (χ3v) is 3.79. The fourth-order valence-electron chi connectivity index (χ4n) is 2.06. The summed E-state index contributed by atoms with van der Waals surface area (Å²) in [5, 5.41) is 2.67. The highest BCUT2D eigenvalue weighted by atomic mass is 19.4. The van der Waals surface area contributed by atoms with Crippen molar-refractivity contribution in [3.05, 3.63) is 23.0 Å². The van der Waals surface area contributed by atoms with E-state index in [2.05, 4.69) is 5.32 Å². The molecular weight excluding hydrogens is 229 g/mol. The number of hydrogen-bond donors (Lipinski definition) is 1. The lowest BCUT2D eigenvalue weighted by Crippen LogP contribution is -2.44. The largest absolute Gasteiger partial charge is 0.406 e. The molecule has 1 aliphatic rings. The van der Waals surface area contributed by atoms with Crippen molar-refractivity contribution in [3.63, 3.8) is 0 Å². The van der Waals surface area contributed by atoms with Crippen LogP contribution in [0.2, 0.25) is 0 Å². The lowest BCUT2D eigenvalue weighted by molar-refractivity contribution is -0.166. The van der Waals surface area contributed by atoms with E-state index >= 15 is 0 Å².